The minimum atomic E-state index is 0.157. The molecule has 1 N–H and O–H groups in total. The topological polar surface area (TPSA) is 47.7 Å². The summed E-state index contributed by atoms with van der Waals surface area (Å²) in [5.74, 6) is 0. The summed E-state index contributed by atoms with van der Waals surface area (Å²) in [6, 6.07) is 0.157. The van der Waals surface area contributed by atoms with E-state index in [-0.39, 0.29) is 6.04 Å². The van der Waals surface area contributed by atoms with Crippen LogP contribution < -0.4 is 5.32 Å². The van der Waals surface area contributed by atoms with E-state index in [2.05, 4.69) is 35.6 Å². The normalized spacial score (nSPS) is 12.9. The molecule has 0 bridgehead atoms. The molecule has 0 aliphatic heterocycles. The lowest BCUT2D eigenvalue weighted by molar-refractivity contribution is 0.600. The Morgan fingerprint density at radius 3 is 2.67 bits per heavy atom. The predicted octanol–water partition coefficient (Wildman–Crippen LogP) is 1.64. The van der Waals surface area contributed by atoms with E-state index in [1.807, 2.05) is 35.9 Å². The molecule has 0 saturated carbocycles. The Morgan fingerprint density at radius 1 is 1.33 bits per heavy atom. The van der Waals surface area contributed by atoms with Gasteiger partial charge in [0.05, 0.1) is 18.4 Å². The molecule has 0 fully saturated rings. The van der Waals surface area contributed by atoms with Crippen LogP contribution in [0.2, 0.25) is 0 Å². The molecule has 18 heavy (non-hydrogen) atoms. The van der Waals surface area contributed by atoms with Gasteiger partial charge in [-0.3, -0.25) is 9.36 Å². The lowest BCUT2D eigenvalue weighted by atomic mass is 10.0. The highest BCUT2D eigenvalue weighted by Gasteiger charge is 2.18. The number of nitrogens with zero attached hydrogens (tertiary/aromatic N) is 4. The van der Waals surface area contributed by atoms with Crippen LogP contribution in [0.25, 0.3) is 0 Å². The van der Waals surface area contributed by atoms with E-state index < -0.39 is 0 Å². The van der Waals surface area contributed by atoms with Gasteiger partial charge in [-0.1, -0.05) is 6.92 Å². The zero-order valence-corrected chi connectivity index (χ0v) is 11.5. The van der Waals surface area contributed by atoms with Crippen molar-refractivity contribution in [1.29, 1.82) is 0 Å². The van der Waals surface area contributed by atoms with Gasteiger partial charge in [0.15, 0.2) is 0 Å². The molecule has 0 amide bonds. The van der Waals surface area contributed by atoms with E-state index in [1.165, 1.54) is 16.8 Å². The van der Waals surface area contributed by atoms with Crippen LogP contribution in [0.3, 0.4) is 0 Å². The van der Waals surface area contributed by atoms with Crippen molar-refractivity contribution in [2.75, 3.05) is 7.05 Å². The first-order chi connectivity index (χ1) is 8.67. The van der Waals surface area contributed by atoms with Gasteiger partial charge >= 0.3 is 0 Å². The number of hydrogen-bond acceptors (Lipinski definition) is 3. The first kappa shape index (κ1) is 12.8. The number of aryl methyl sites for hydroxylation is 2. The Bertz CT molecular complexity index is 511. The summed E-state index contributed by atoms with van der Waals surface area (Å²) in [6.45, 7) is 5.20. The van der Waals surface area contributed by atoms with Gasteiger partial charge in [0.25, 0.3) is 0 Å². The number of aromatic nitrogens is 4. The SMILES string of the molecule is CCCn1cc(C(NC)c2cnn(C)c2C)cn1. The van der Waals surface area contributed by atoms with Crippen molar-refractivity contribution >= 4 is 0 Å². The van der Waals surface area contributed by atoms with Crippen LogP contribution >= 0.6 is 0 Å². The van der Waals surface area contributed by atoms with E-state index in [1.54, 1.807) is 0 Å². The van der Waals surface area contributed by atoms with Gasteiger partial charge in [0, 0.05) is 36.6 Å². The van der Waals surface area contributed by atoms with Crippen LogP contribution in [0.1, 0.15) is 36.2 Å². The maximum Gasteiger partial charge on any atom is 0.0639 e. The highest BCUT2D eigenvalue weighted by molar-refractivity contribution is 5.30. The van der Waals surface area contributed by atoms with Crippen molar-refractivity contribution in [2.24, 2.45) is 7.05 Å². The van der Waals surface area contributed by atoms with Gasteiger partial charge < -0.3 is 5.32 Å². The molecule has 2 heterocycles. The second-order valence-corrected chi connectivity index (χ2v) is 4.57. The van der Waals surface area contributed by atoms with Crippen molar-refractivity contribution in [3.8, 4) is 0 Å². The molecule has 0 spiro atoms. The van der Waals surface area contributed by atoms with Crippen molar-refractivity contribution in [2.45, 2.75) is 32.9 Å². The second kappa shape index (κ2) is 5.35. The van der Waals surface area contributed by atoms with Crippen LogP contribution in [-0.4, -0.2) is 26.6 Å². The lowest BCUT2D eigenvalue weighted by Gasteiger charge is -2.14. The highest BCUT2D eigenvalue weighted by Crippen LogP contribution is 2.23. The molecular formula is C13H21N5. The summed E-state index contributed by atoms with van der Waals surface area (Å²) in [7, 11) is 3.93. The Kier molecular flexibility index (Phi) is 3.81. The van der Waals surface area contributed by atoms with Crippen LogP contribution in [0.15, 0.2) is 18.6 Å². The number of hydrogen-bond donors (Lipinski definition) is 1. The Hall–Kier alpha value is -1.62. The molecular weight excluding hydrogens is 226 g/mol. The van der Waals surface area contributed by atoms with Crippen LogP contribution in [0.5, 0.6) is 0 Å². The van der Waals surface area contributed by atoms with Crippen molar-refractivity contribution in [1.82, 2.24) is 24.9 Å². The Morgan fingerprint density at radius 2 is 2.11 bits per heavy atom. The summed E-state index contributed by atoms with van der Waals surface area (Å²) in [5.41, 5.74) is 3.57. The van der Waals surface area contributed by atoms with E-state index in [0.717, 1.165) is 13.0 Å². The van der Waals surface area contributed by atoms with Gasteiger partial charge in [-0.2, -0.15) is 10.2 Å². The fourth-order valence-electron chi connectivity index (χ4n) is 2.18. The summed E-state index contributed by atoms with van der Waals surface area (Å²) in [4.78, 5) is 0. The van der Waals surface area contributed by atoms with Crippen molar-refractivity contribution in [3.05, 3.63) is 35.4 Å². The van der Waals surface area contributed by atoms with E-state index in [0.29, 0.717) is 0 Å². The average Bonchev–Trinajstić information content (AvgIpc) is 2.93. The van der Waals surface area contributed by atoms with Gasteiger partial charge in [0.1, 0.15) is 0 Å². The maximum absolute atomic E-state index is 4.39. The molecule has 2 aromatic heterocycles. The molecule has 98 valence electrons. The van der Waals surface area contributed by atoms with E-state index >= 15 is 0 Å². The summed E-state index contributed by atoms with van der Waals surface area (Å²) >= 11 is 0. The summed E-state index contributed by atoms with van der Waals surface area (Å²) in [5, 5.41) is 12.0. The zero-order valence-electron chi connectivity index (χ0n) is 11.5. The standard InChI is InChI=1S/C13H21N5/c1-5-6-18-9-11(7-16-18)13(14-3)12-8-15-17(4)10(12)2/h7-9,13-14H,5-6H2,1-4H3. The summed E-state index contributed by atoms with van der Waals surface area (Å²) in [6.07, 6.45) is 7.06. The molecule has 2 rings (SSSR count). The Labute approximate surface area is 108 Å². The smallest absolute Gasteiger partial charge is 0.0639 e. The molecule has 1 unspecified atom stereocenters. The van der Waals surface area contributed by atoms with Crippen LogP contribution in [0.4, 0.5) is 0 Å². The third-order valence-corrected chi connectivity index (χ3v) is 3.31. The molecule has 2 aromatic rings. The third-order valence-electron chi connectivity index (χ3n) is 3.31. The van der Waals surface area contributed by atoms with Crippen molar-refractivity contribution < 1.29 is 0 Å². The fourth-order valence-corrected chi connectivity index (χ4v) is 2.18. The van der Waals surface area contributed by atoms with Gasteiger partial charge in [0.2, 0.25) is 0 Å². The maximum atomic E-state index is 4.39. The minimum Gasteiger partial charge on any atom is -0.309 e. The second-order valence-electron chi connectivity index (χ2n) is 4.57. The zero-order chi connectivity index (χ0) is 13.1. The van der Waals surface area contributed by atoms with Gasteiger partial charge in [-0.25, -0.2) is 0 Å². The first-order valence-electron chi connectivity index (χ1n) is 6.35. The molecule has 0 radical (unpaired) electrons. The molecule has 5 nitrogen and oxygen atoms in total. The lowest BCUT2D eigenvalue weighted by Crippen LogP contribution is -2.17. The van der Waals surface area contributed by atoms with Gasteiger partial charge in [-0.05, 0) is 20.4 Å². The number of nitrogens with one attached hydrogen (secondary N) is 1. The first-order valence-corrected chi connectivity index (χ1v) is 6.35. The van der Waals surface area contributed by atoms with Gasteiger partial charge in [-0.15, -0.1) is 0 Å². The average molecular weight is 247 g/mol. The van der Waals surface area contributed by atoms with E-state index in [9.17, 15) is 0 Å². The highest BCUT2D eigenvalue weighted by atomic mass is 15.3. The molecule has 5 heteroatoms. The predicted molar refractivity (Wildman–Crippen MR) is 71.4 cm³/mol. The minimum absolute atomic E-state index is 0.157. The largest absolute Gasteiger partial charge is 0.309 e. The molecule has 1 atom stereocenters. The van der Waals surface area contributed by atoms with Crippen LogP contribution in [0, 0.1) is 6.92 Å². The molecule has 0 aliphatic rings. The van der Waals surface area contributed by atoms with Crippen LogP contribution in [-0.2, 0) is 13.6 Å². The van der Waals surface area contributed by atoms with E-state index in [4.69, 9.17) is 0 Å². The third kappa shape index (κ3) is 2.31. The molecule has 0 aliphatic carbocycles. The quantitative estimate of drug-likeness (QED) is 0.874. The van der Waals surface area contributed by atoms with Crippen molar-refractivity contribution in [3.63, 3.8) is 0 Å². The molecule has 0 saturated heterocycles. The fraction of sp³-hybridized carbons (Fsp3) is 0.538. The number of rotatable bonds is 5. The Balaban J connectivity index is 2.30. The molecule has 0 aromatic carbocycles. The monoisotopic (exact) mass is 247 g/mol. The summed E-state index contributed by atoms with van der Waals surface area (Å²) < 4.78 is 3.89.